The summed E-state index contributed by atoms with van der Waals surface area (Å²) >= 11 is 0. The van der Waals surface area contributed by atoms with Gasteiger partial charge in [0.15, 0.2) is 0 Å². The number of amides is 4. The number of carboxylic acids is 1. The molecule has 1 aliphatic heterocycles. The molecule has 14 heteroatoms. The number of carboxylic acid groups (broad SMARTS) is 1. The molecule has 0 spiro atoms. The molecule has 0 saturated carbocycles. The Morgan fingerprint density at radius 3 is 2.04 bits per heavy atom. The van der Waals surface area contributed by atoms with Gasteiger partial charge in [-0.25, -0.2) is 9.18 Å². The molecule has 10 atom stereocenters. The number of alkyl halides is 1. The summed E-state index contributed by atoms with van der Waals surface area (Å²) in [5, 5.41) is 18.4. The number of aliphatic carboxylic acids is 1. The van der Waals surface area contributed by atoms with E-state index in [4.69, 9.17) is 9.47 Å². The highest BCUT2D eigenvalue weighted by Crippen LogP contribution is 2.31. The van der Waals surface area contributed by atoms with E-state index in [1.54, 1.807) is 50.2 Å². The summed E-state index contributed by atoms with van der Waals surface area (Å²) in [6.45, 7) is 12.8. The highest BCUT2D eigenvalue weighted by molar-refractivity contribution is 5.90. The van der Waals surface area contributed by atoms with Gasteiger partial charge >= 0.3 is 5.97 Å². The van der Waals surface area contributed by atoms with Crippen molar-refractivity contribution < 1.29 is 42.9 Å². The van der Waals surface area contributed by atoms with Crippen molar-refractivity contribution in [2.24, 2.45) is 23.7 Å². The zero-order valence-corrected chi connectivity index (χ0v) is 33.4. The summed E-state index contributed by atoms with van der Waals surface area (Å²) in [5.74, 6) is -4.12. The van der Waals surface area contributed by atoms with Gasteiger partial charge in [0, 0.05) is 34.1 Å². The normalized spacial score (nSPS) is 20.5. The lowest BCUT2D eigenvalue weighted by Crippen LogP contribution is -2.59. The molecular formula is C39H64FN5O8. The van der Waals surface area contributed by atoms with E-state index in [0.29, 0.717) is 6.42 Å². The molecule has 1 aliphatic rings. The van der Waals surface area contributed by atoms with Gasteiger partial charge in [0.1, 0.15) is 18.3 Å². The molecule has 0 radical (unpaired) electrons. The topological polar surface area (TPSA) is 167 Å². The minimum absolute atomic E-state index is 0.00732. The Hall–Kier alpha value is -3.62. The highest BCUT2D eigenvalue weighted by atomic mass is 19.1. The van der Waals surface area contributed by atoms with Gasteiger partial charge in [-0.3, -0.25) is 19.2 Å². The number of methoxy groups -OCH3 is 2. The third-order valence-electron chi connectivity index (χ3n) is 10.6. The zero-order chi connectivity index (χ0) is 40.2. The molecule has 1 aromatic carbocycles. The van der Waals surface area contributed by atoms with Gasteiger partial charge in [-0.1, -0.05) is 85.2 Å². The fraction of sp³-hybridized carbons (Fsp3) is 0.718. The molecule has 4 amide bonds. The van der Waals surface area contributed by atoms with Gasteiger partial charge in [-0.15, -0.1) is 0 Å². The largest absolute Gasteiger partial charge is 0.480 e. The number of hydrogen-bond donors (Lipinski definition) is 4. The Labute approximate surface area is 315 Å². The molecule has 0 aromatic heterocycles. The maximum atomic E-state index is 15.1. The molecule has 1 fully saturated rings. The number of rotatable bonds is 21. The number of halogens is 1. The van der Waals surface area contributed by atoms with Crippen molar-refractivity contribution in [3.63, 3.8) is 0 Å². The predicted octanol–water partition coefficient (Wildman–Crippen LogP) is 3.05. The lowest BCUT2D eigenvalue weighted by Gasteiger charge is -2.41. The van der Waals surface area contributed by atoms with Crippen LogP contribution in [0.15, 0.2) is 30.3 Å². The average Bonchev–Trinajstić information content (AvgIpc) is 3.50. The second-order valence-electron chi connectivity index (χ2n) is 15.1. The standard InChI is InChI=1S/C39H64FN5O8/c1-12-24(6)34(44(9)38(49)33(23(4)5)43-37(48)32(41-8)22(2)3)30(52-10)20-31(46)45-21-27(40)19-29(45)35(53-11)25(7)36(47)42-28(39(50)51)18-26-16-14-13-15-17-26/h13-17,22-25,27-30,32-35,41H,12,18-21H2,1-11H3,(H,42,47)(H,43,48)(H,50,51)/t24?,25?,27-,28?,29-,30?,32?,33?,34?,35?/m0/s1. The van der Waals surface area contributed by atoms with Gasteiger partial charge in [-0.05, 0) is 30.4 Å². The van der Waals surface area contributed by atoms with Crippen LogP contribution in [0.4, 0.5) is 4.39 Å². The summed E-state index contributed by atoms with van der Waals surface area (Å²) < 4.78 is 26.8. The van der Waals surface area contributed by atoms with Crippen molar-refractivity contribution in [1.29, 1.82) is 0 Å². The van der Waals surface area contributed by atoms with Crippen molar-refractivity contribution in [1.82, 2.24) is 25.8 Å². The van der Waals surface area contributed by atoms with E-state index < -0.39 is 72.3 Å². The van der Waals surface area contributed by atoms with Gasteiger partial charge < -0.3 is 40.3 Å². The Bertz CT molecular complexity index is 1350. The molecule has 13 nitrogen and oxygen atoms in total. The maximum absolute atomic E-state index is 15.1. The number of ether oxygens (including phenoxy) is 2. The summed E-state index contributed by atoms with van der Waals surface area (Å²) in [7, 11) is 6.19. The molecule has 1 saturated heterocycles. The van der Waals surface area contributed by atoms with Crippen LogP contribution >= 0.6 is 0 Å². The number of hydrogen-bond acceptors (Lipinski definition) is 8. The first kappa shape index (κ1) is 45.5. The summed E-state index contributed by atoms with van der Waals surface area (Å²) in [6.07, 6.45) is -2.63. The molecule has 8 unspecified atom stereocenters. The molecule has 1 heterocycles. The number of likely N-dealkylation sites (tertiary alicyclic amines) is 1. The number of nitrogens with zero attached hydrogens (tertiary/aromatic N) is 2. The van der Waals surface area contributed by atoms with E-state index in [1.165, 1.54) is 19.1 Å². The van der Waals surface area contributed by atoms with E-state index in [9.17, 15) is 29.1 Å². The van der Waals surface area contributed by atoms with Crippen molar-refractivity contribution in [2.75, 3.05) is 34.9 Å². The molecule has 2 rings (SSSR count). The van der Waals surface area contributed by atoms with Crippen molar-refractivity contribution in [3.05, 3.63) is 35.9 Å². The second kappa shape index (κ2) is 21.3. The van der Waals surface area contributed by atoms with Gasteiger partial charge in [-0.2, -0.15) is 0 Å². The summed E-state index contributed by atoms with van der Waals surface area (Å²) in [6, 6.07) is 4.99. The molecular weight excluding hydrogens is 685 g/mol. The lowest BCUT2D eigenvalue weighted by atomic mass is 9.89. The van der Waals surface area contributed by atoms with Crippen LogP contribution in [0, 0.1) is 23.7 Å². The Morgan fingerprint density at radius 2 is 1.55 bits per heavy atom. The van der Waals surface area contributed by atoms with Crippen LogP contribution < -0.4 is 16.0 Å². The molecule has 300 valence electrons. The van der Waals surface area contributed by atoms with Crippen LogP contribution in [0.5, 0.6) is 0 Å². The predicted molar refractivity (Wildman–Crippen MR) is 201 cm³/mol. The van der Waals surface area contributed by atoms with Crippen LogP contribution in [0.3, 0.4) is 0 Å². The first-order valence-electron chi connectivity index (χ1n) is 18.7. The molecule has 0 bridgehead atoms. The van der Waals surface area contributed by atoms with E-state index in [2.05, 4.69) is 16.0 Å². The maximum Gasteiger partial charge on any atom is 0.326 e. The Balaban J connectivity index is 2.31. The van der Waals surface area contributed by atoms with Crippen LogP contribution in [0.2, 0.25) is 0 Å². The van der Waals surface area contributed by atoms with Crippen LogP contribution in [-0.2, 0) is 39.9 Å². The fourth-order valence-electron chi connectivity index (χ4n) is 7.37. The lowest BCUT2D eigenvalue weighted by molar-refractivity contribution is -0.148. The second-order valence-corrected chi connectivity index (χ2v) is 15.1. The van der Waals surface area contributed by atoms with E-state index in [1.807, 2.05) is 47.6 Å². The van der Waals surface area contributed by atoms with Crippen LogP contribution in [0.1, 0.15) is 73.3 Å². The molecule has 4 N–H and O–H groups in total. The quantitative estimate of drug-likeness (QED) is 0.148. The number of carbonyl (C=O) groups is 5. The van der Waals surface area contributed by atoms with Gasteiger partial charge in [0.25, 0.3) is 0 Å². The smallest absolute Gasteiger partial charge is 0.326 e. The third kappa shape index (κ3) is 12.2. The first-order valence-corrected chi connectivity index (χ1v) is 18.7. The van der Waals surface area contributed by atoms with Crippen molar-refractivity contribution in [2.45, 2.75) is 123 Å². The summed E-state index contributed by atoms with van der Waals surface area (Å²) in [4.78, 5) is 69.8. The number of carbonyl (C=O) groups excluding carboxylic acids is 4. The van der Waals surface area contributed by atoms with Crippen molar-refractivity contribution >= 4 is 29.6 Å². The third-order valence-corrected chi connectivity index (χ3v) is 10.6. The molecule has 1 aromatic rings. The highest BCUT2D eigenvalue weighted by Gasteiger charge is 2.46. The van der Waals surface area contributed by atoms with Gasteiger partial charge in [0.05, 0.1) is 49.2 Å². The van der Waals surface area contributed by atoms with E-state index in [0.717, 1.165) is 5.56 Å². The fourth-order valence-corrected chi connectivity index (χ4v) is 7.37. The van der Waals surface area contributed by atoms with Gasteiger partial charge in [0.2, 0.25) is 23.6 Å². The zero-order valence-electron chi connectivity index (χ0n) is 33.4. The number of benzene rings is 1. The Kier molecular flexibility index (Phi) is 18.3. The minimum atomic E-state index is -1.37. The van der Waals surface area contributed by atoms with Crippen molar-refractivity contribution in [3.8, 4) is 0 Å². The number of nitrogens with one attached hydrogen (secondary N) is 3. The van der Waals surface area contributed by atoms with E-state index >= 15 is 4.39 Å². The summed E-state index contributed by atoms with van der Waals surface area (Å²) in [5.41, 5.74) is 0.734. The monoisotopic (exact) mass is 749 g/mol. The molecule has 0 aliphatic carbocycles. The van der Waals surface area contributed by atoms with Crippen LogP contribution in [0.25, 0.3) is 0 Å². The molecule has 53 heavy (non-hydrogen) atoms. The Morgan fingerprint density at radius 1 is 0.943 bits per heavy atom. The average molecular weight is 750 g/mol. The SMILES string of the molecule is CCC(C)C(C(CC(=O)N1C[C@@H](F)C[C@H]1C(OC)C(C)C(=O)NC(Cc1ccccc1)C(=O)O)OC)N(C)C(=O)C(NC(=O)C(NC)C(C)C)C(C)C. The van der Waals surface area contributed by atoms with Crippen LogP contribution in [-0.4, -0.2) is 128 Å². The van der Waals surface area contributed by atoms with E-state index in [-0.39, 0.29) is 55.4 Å². The number of likely N-dealkylation sites (N-methyl/N-ethyl adjacent to an activating group) is 2. The minimum Gasteiger partial charge on any atom is -0.480 e. The first-order chi connectivity index (χ1) is 24.9.